The third-order valence-electron chi connectivity index (χ3n) is 6.12. The maximum absolute atomic E-state index is 11.8. The molecule has 1 fully saturated rings. The Hall–Kier alpha value is -1.83. The molecule has 28 heavy (non-hydrogen) atoms. The van der Waals surface area contributed by atoms with Crippen molar-refractivity contribution >= 4 is 16.6 Å². The first kappa shape index (κ1) is 20.9. The lowest BCUT2D eigenvalue weighted by molar-refractivity contribution is 0.101. The van der Waals surface area contributed by atoms with E-state index in [2.05, 4.69) is 25.1 Å². The van der Waals surface area contributed by atoms with Crippen LogP contribution < -0.4 is 4.74 Å². The van der Waals surface area contributed by atoms with Crippen LogP contribution in [0.4, 0.5) is 0 Å². The molecule has 2 heteroatoms. The molecule has 1 aliphatic carbocycles. The Morgan fingerprint density at radius 2 is 1.71 bits per heavy atom. The van der Waals surface area contributed by atoms with Gasteiger partial charge in [0.2, 0.25) is 0 Å². The quantitative estimate of drug-likeness (QED) is 0.253. The highest BCUT2D eigenvalue weighted by atomic mass is 16.5. The van der Waals surface area contributed by atoms with E-state index >= 15 is 0 Å². The summed E-state index contributed by atoms with van der Waals surface area (Å²) in [4.78, 5) is 11.8. The van der Waals surface area contributed by atoms with Gasteiger partial charge < -0.3 is 4.74 Å². The molecule has 1 aliphatic rings. The molecule has 0 unspecified atom stereocenters. The van der Waals surface area contributed by atoms with Crippen molar-refractivity contribution in [1.29, 1.82) is 0 Å². The van der Waals surface area contributed by atoms with E-state index in [0.29, 0.717) is 6.10 Å². The van der Waals surface area contributed by atoms with E-state index in [1.807, 2.05) is 12.1 Å². The van der Waals surface area contributed by atoms with E-state index in [4.69, 9.17) is 4.74 Å². The number of benzene rings is 2. The zero-order valence-corrected chi connectivity index (χ0v) is 17.8. The molecular weight excluding hydrogens is 344 g/mol. The van der Waals surface area contributed by atoms with Crippen LogP contribution in [-0.2, 0) is 6.42 Å². The minimum absolute atomic E-state index is 0.127. The summed E-state index contributed by atoms with van der Waals surface area (Å²) in [6, 6.07) is 10.4. The van der Waals surface area contributed by atoms with Crippen molar-refractivity contribution in [2.75, 3.05) is 0 Å². The summed E-state index contributed by atoms with van der Waals surface area (Å²) in [5, 5.41) is 2.41. The highest BCUT2D eigenvalue weighted by Crippen LogP contribution is 2.33. The van der Waals surface area contributed by atoms with Crippen LogP contribution in [0.3, 0.4) is 0 Å². The normalized spacial score (nSPS) is 15.5. The number of carbonyl (C=O) groups excluding carboxylic acids is 1. The van der Waals surface area contributed by atoms with E-state index in [9.17, 15) is 4.79 Å². The molecule has 0 atom stereocenters. The van der Waals surface area contributed by atoms with Gasteiger partial charge in [-0.25, -0.2) is 0 Å². The van der Waals surface area contributed by atoms with Crippen LogP contribution in [0.25, 0.3) is 10.8 Å². The molecule has 152 valence electrons. The van der Waals surface area contributed by atoms with E-state index < -0.39 is 0 Å². The van der Waals surface area contributed by atoms with Gasteiger partial charge in [0.05, 0.1) is 6.10 Å². The number of unbranched alkanes of at least 4 members (excludes halogenated alkanes) is 4. The molecule has 0 amide bonds. The number of carbonyl (C=O) groups is 1. The monoisotopic (exact) mass is 380 g/mol. The largest absolute Gasteiger partial charge is 0.490 e. The Labute approximate surface area is 170 Å². The van der Waals surface area contributed by atoms with Gasteiger partial charge in [-0.1, -0.05) is 63.6 Å². The Bertz CT molecular complexity index is 769. The van der Waals surface area contributed by atoms with Crippen molar-refractivity contribution in [2.24, 2.45) is 0 Å². The average molecular weight is 381 g/mol. The number of rotatable bonds is 9. The molecular formula is C26H36O2. The van der Waals surface area contributed by atoms with Gasteiger partial charge in [0.15, 0.2) is 5.78 Å². The zero-order valence-electron chi connectivity index (χ0n) is 17.8. The Kier molecular flexibility index (Phi) is 7.94. The fraction of sp³-hybridized carbons (Fsp3) is 0.577. The summed E-state index contributed by atoms with van der Waals surface area (Å²) < 4.78 is 6.56. The second kappa shape index (κ2) is 10.6. The van der Waals surface area contributed by atoms with Crippen LogP contribution in [0.1, 0.15) is 100 Å². The first-order chi connectivity index (χ1) is 13.7. The maximum Gasteiger partial charge on any atom is 0.159 e. The molecule has 2 aromatic carbocycles. The van der Waals surface area contributed by atoms with Crippen molar-refractivity contribution in [2.45, 2.75) is 97.0 Å². The van der Waals surface area contributed by atoms with Crippen LogP contribution in [0.5, 0.6) is 5.75 Å². The Morgan fingerprint density at radius 3 is 2.43 bits per heavy atom. The molecule has 2 nitrogen and oxygen atoms in total. The van der Waals surface area contributed by atoms with Gasteiger partial charge in [0.1, 0.15) is 5.75 Å². The molecule has 1 saturated carbocycles. The van der Waals surface area contributed by atoms with E-state index in [-0.39, 0.29) is 5.78 Å². The Morgan fingerprint density at radius 1 is 0.964 bits per heavy atom. The first-order valence-electron chi connectivity index (χ1n) is 11.4. The van der Waals surface area contributed by atoms with Gasteiger partial charge in [-0.3, -0.25) is 4.79 Å². The summed E-state index contributed by atoms with van der Waals surface area (Å²) in [6.07, 6.45) is 15.4. The van der Waals surface area contributed by atoms with E-state index in [1.165, 1.54) is 81.6 Å². The van der Waals surface area contributed by atoms with E-state index in [1.54, 1.807) is 6.92 Å². The number of ether oxygens (including phenoxy) is 1. The molecule has 0 aliphatic heterocycles. The number of fused-ring (bicyclic) bond motifs is 1. The van der Waals surface area contributed by atoms with Crippen molar-refractivity contribution in [3.63, 3.8) is 0 Å². The van der Waals surface area contributed by atoms with Crippen molar-refractivity contribution < 1.29 is 9.53 Å². The number of ketones is 1. The standard InChI is InChI=1S/C26H36O2/c1-3-4-5-6-11-14-25-24-17-15-21(20(2)27)19-22(24)16-18-26(25)28-23-12-9-7-8-10-13-23/h15-19,23H,3-14H2,1-2H3. The molecule has 0 saturated heterocycles. The van der Waals surface area contributed by atoms with Crippen LogP contribution in [0, 0.1) is 0 Å². The number of hydrogen-bond donors (Lipinski definition) is 0. The van der Waals surface area contributed by atoms with Gasteiger partial charge in [-0.05, 0) is 68.4 Å². The summed E-state index contributed by atoms with van der Waals surface area (Å²) in [5.41, 5.74) is 2.13. The summed E-state index contributed by atoms with van der Waals surface area (Å²) in [5.74, 6) is 1.20. The SMILES string of the molecule is CCCCCCCc1c(OC2CCCCCC2)ccc2cc(C(C)=O)ccc12. The minimum Gasteiger partial charge on any atom is -0.490 e. The van der Waals surface area contributed by atoms with Crippen LogP contribution in [0.15, 0.2) is 30.3 Å². The number of Topliss-reactive ketones (excluding diaryl/α,β-unsaturated/α-hetero) is 1. The smallest absolute Gasteiger partial charge is 0.159 e. The molecule has 0 spiro atoms. The minimum atomic E-state index is 0.127. The third-order valence-corrected chi connectivity index (χ3v) is 6.12. The molecule has 0 aromatic heterocycles. The lowest BCUT2D eigenvalue weighted by Gasteiger charge is -2.21. The lowest BCUT2D eigenvalue weighted by Crippen LogP contribution is -2.16. The predicted molar refractivity (Wildman–Crippen MR) is 119 cm³/mol. The second-order valence-electron chi connectivity index (χ2n) is 8.43. The molecule has 0 N–H and O–H groups in total. The molecule has 2 aromatic rings. The van der Waals surface area contributed by atoms with Gasteiger partial charge in [0.25, 0.3) is 0 Å². The van der Waals surface area contributed by atoms with Crippen molar-refractivity contribution in [1.82, 2.24) is 0 Å². The van der Waals surface area contributed by atoms with Gasteiger partial charge >= 0.3 is 0 Å². The zero-order chi connectivity index (χ0) is 19.8. The predicted octanol–water partition coefficient (Wildman–Crippen LogP) is 7.66. The molecule has 0 bridgehead atoms. The van der Waals surface area contributed by atoms with Crippen LogP contribution in [0.2, 0.25) is 0 Å². The van der Waals surface area contributed by atoms with Gasteiger partial charge in [-0.2, -0.15) is 0 Å². The van der Waals surface area contributed by atoms with Crippen molar-refractivity contribution in [3.8, 4) is 5.75 Å². The molecule has 3 rings (SSSR count). The summed E-state index contributed by atoms with van der Waals surface area (Å²) in [6.45, 7) is 3.90. The number of hydrogen-bond acceptors (Lipinski definition) is 2. The fourth-order valence-electron chi connectivity index (χ4n) is 4.41. The highest BCUT2D eigenvalue weighted by molar-refractivity contribution is 5.99. The van der Waals surface area contributed by atoms with E-state index in [0.717, 1.165) is 23.1 Å². The topological polar surface area (TPSA) is 26.3 Å². The van der Waals surface area contributed by atoms with Gasteiger partial charge in [0, 0.05) is 11.1 Å². The summed E-state index contributed by atoms with van der Waals surface area (Å²) in [7, 11) is 0. The molecule has 0 heterocycles. The Balaban J connectivity index is 1.85. The maximum atomic E-state index is 11.8. The second-order valence-corrected chi connectivity index (χ2v) is 8.43. The third kappa shape index (κ3) is 5.59. The molecule has 0 radical (unpaired) electrons. The summed E-state index contributed by atoms with van der Waals surface area (Å²) >= 11 is 0. The highest BCUT2D eigenvalue weighted by Gasteiger charge is 2.17. The van der Waals surface area contributed by atoms with Crippen LogP contribution >= 0.6 is 0 Å². The van der Waals surface area contributed by atoms with Crippen molar-refractivity contribution in [3.05, 3.63) is 41.5 Å². The number of aryl methyl sites for hydroxylation is 1. The fourth-order valence-corrected chi connectivity index (χ4v) is 4.41. The van der Waals surface area contributed by atoms with Gasteiger partial charge in [-0.15, -0.1) is 0 Å². The average Bonchev–Trinajstić information content (AvgIpc) is 2.97. The first-order valence-corrected chi connectivity index (χ1v) is 11.4. The van der Waals surface area contributed by atoms with Crippen LogP contribution in [-0.4, -0.2) is 11.9 Å². The lowest BCUT2D eigenvalue weighted by atomic mass is 9.96.